The van der Waals surface area contributed by atoms with E-state index < -0.39 is 0 Å². The van der Waals surface area contributed by atoms with Gasteiger partial charge in [-0.1, -0.05) is 17.7 Å². The van der Waals surface area contributed by atoms with Crippen LogP contribution in [0.3, 0.4) is 0 Å². The first-order valence-electron chi connectivity index (χ1n) is 7.72. The van der Waals surface area contributed by atoms with Crippen molar-refractivity contribution in [3.63, 3.8) is 0 Å². The maximum Gasteiger partial charge on any atom is 0.175 e. The topological polar surface area (TPSA) is 27.3 Å². The zero-order valence-corrected chi connectivity index (χ0v) is 15.3. The van der Waals surface area contributed by atoms with Gasteiger partial charge in [0.1, 0.15) is 0 Å². The van der Waals surface area contributed by atoms with Crippen molar-refractivity contribution in [2.75, 3.05) is 28.6 Å². The number of anilines is 3. The lowest BCUT2D eigenvalue weighted by Crippen LogP contribution is -2.22. The van der Waals surface area contributed by atoms with Crippen LogP contribution in [0.5, 0.6) is 0 Å². The number of benzene rings is 2. The molecule has 2 N–H and O–H groups in total. The maximum absolute atomic E-state index is 6.12. The summed E-state index contributed by atoms with van der Waals surface area (Å²) in [6.45, 7) is 8.28. The zero-order valence-electron chi connectivity index (χ0n) is 13.7. The van der Waals surface area contributed by atoms with Gasteiger partial charge in [-0.3, -0.25) is 0 Å². The number of hydrogen-bond acceptors (Lipinski definition) is 2. The van der Waals surface area contributed by atoms with Crippen LogP contribution < -0.4 is 15.5 Å². The summed E-state index contributed by atoms with van der Waals surface area (Å²) in [5.74, 6) is 0. The van der Waals surface area contributed by atoms with E-state index in [0.717, 1.165) is 35.1 Å². The second-order valence-corrected chi connectivity index (χ2v) is 6.08. The van der Waals surface area contributed by atoms with Crippen molar-refractivity contribution in [1.29, 1.82) is 0 Å². The van der Waals surface area contributed by atoms with Crippen LogP contribution in [0.2, 0.25) is 5.02 Å². The van der Waals surface area contributed by atoms with E-state index in [-0.39, 0.29) is 0 Å². The highest BCUT2D eigenvalue weighted by Gasteiger charge is 2.04. The zero-order chi connectivity index (χ0) is 16.8. The third-order valence-electron chi connectivity index (χ3n) is 3.68. The Balaban J connectivity index is 1.98. The van der Waals surface area contributed by atoms with Gasteiger partial charge in [0.15, 0.2) is 5.11 Å². The molecule has 0 amide bonds. The van der Waals surface area contributed by atoms with Crippen LogP contribution in [-0.2, 0) is 0 Å². The van der Waals surface area contributed by atoms with Crippen LogP contribution in [0.1, 0.15) is 19.4 Å². The minimum Gasteiger partial charge on any atom is -0.372 e. The van der Waals surface area contributed by atoms with Crippen LogP contribution in [0.4, 0.5) is 17.1 Å². The van der Waals surface area contributed by atoms with E-state index in [0.29, 0.717) is 5.11 Å². The number of aryl methyl sites for hydroxylation is 1. The molecule has 122 valence electrons. The molecule has 2 aromatic carbocycles. The average Bonchev–Trinajstić information content (AvgIpc) is 2.53. The van der Waals surface area contributed by atoms with E-state index in [2.05, 4.69) is 41.5 Å². The monoisotopic (exact) mass is 347 g/mol. The van der Waals surface area contributed by atoms with Gasteiger partial charge in [-0.15, -0.1) is 0 Å². The van der Waals surface area contributed by atoms with Gasteiger partial charge in [0.25, 0.3) is 0 Å². The minimum absolute atomic E-state index is 0.542. The molecule has 0 aliphatic carbocycles. The molecule has 0 unspecified atom stereocenters. The summed E-state index contributed by atoms with van der Waals surface area (Å²) in [4.78, 5) is 2.30. The summed E-state index contributed by atoms with van der Waals surface area (Å²) in [6.07, 6.45) is 0. The molecule has 23 heavy (non-hydrogen) atoms. The summed E-state index contributed by atoms with van der Waals surface area (Å²) < 4.78 is 0. The normalized spacial score (nSPS) is 10.3. The van der Waals surface area contributed by atoms with Crippen molar-refractivity contribution in [3.05, 3.63) is 53.1 Å². The van der Waals surface area contributed by atoms with Crippen LogP contribution in [0.25, 0.3) is 0 Å². The molecule has 0 fully saturated rings. The molecule has 0 saturated heterocycles. The van der Waals surface area contributed by atoms with Crippen LogP contribution in [-0.4, -0.2) is 18.2 Å². The number of rotatable bonds is 5. The van der Waals surface area contributed by atoms with Crippen LogP contribution in [0, 0.1) is 6.92 Å². The molecule has 0 aliphatic rings. The molecule has 2 aromatic rings. The summed E-state index contributed by atoms with van der Waals surface area (Å²) in [7, 11) is 0. The predicted octanol–water partition coefficient (Wildman–Crippen LogP) is 5.30. The van der Waals surface area contributed by atoms with Gasteiger partial charge in [0.05, 0.1) is 0 Å². The smallest absolute Gasteiger partial charge is 0.175 e. The van der Waals surface area contributed by atoms with Gasteiger partial charge >= 0.3 is 0 Å². The molecule has 0 bridgehead atoms. The summed E-state index contributed by atoms with van der Waals surface area (Å²) in [5, 5.41) is 7.59. The van der Waals surface area contributed by atoms with Crippen molar-refractivity contribution in [2.45, 2.75) is 20.8 Å². The summed E-state index contributed by atoms with van der Waals surface area (Å²) in [6, 6.07) is 14.0. The largest absolute Gasteiger partial charge is 0.372 e. The predicted molar refractivity (Wildman–Crippen MR) is 106 cm³/mol. The van der Waals surface area contributed by atoms with Crippen LogP contribution >= 0.6 is 23.8 Å². The highest BCUT2D eigenvalue weighted by Crippen LogP contribution is 2.21. The molecule has 0 atom stereocenters. The van der Waals surface area contributed by atoms with E-state index in [4.69, 9.17) is 23.8 Å². The van der Waals surface area contributed by atoms with Crippen molar-refractivity contribution < 1.29 is 0 Å². The van der Waals surface area contributed by atoms with E-state index in [1.54, 1.807) is 0 Å². The lowest BCUT2D eigenvalue weighted by Gasteiger charge is -2.21. The molecule has 0 aliphatic heterocycles. The number of thiocarbonyl (C=S) groups is 1. The SMILES string of the molecule is CCN(CC)c1ccc(NC(=S)Nc2ccc(C)c(Cl)c2)cc1. The Labute approximate surface area is 148 Å². The van der Waals surface area contributed by atoms with Gasteiger partial charge in [-0.2, -0.15) is 0 Å². The lowest BCUT2D eigenvalue weighted by atomic mass is 10.2. The summed E-state index contributed by atoms with van der Waals surface area (Å²) >= 11 is 11.5. The number of halogens is 1. The molecule has 5 heteroatoms. The Morgan fingerprint density at radius 1 is 1.00 bits per heavy atom. The van der Waals surface area contributed by atoms with Gasteiger partial charge < -0.3 is 15.5 Å². The standard InChI is InChI=1S/C18H22ClN3S/c1-4-22(5-2)16-10-8-14(9-11-16)20-18(23)21-15-7-6-13(3)17(19)12-15/h6-12H,4-5H2,1-3H3,(H2,20,21,23). The fourth-order valence-electron chi connectivity index (χ4n) is 2.31. The molecule has 0 heterocycles. The van der Waals surface area contributed by atoms with Gasteiger partial charge in [-0.05, 0) is 75.0 Å². The quantitative estimate of drug-likeness (QED) is 0.717. The van der Waals surface area contributed by atoms with Crippen molar-refractivity contribution in [2.24, 2.45) is 0 Å². The van der Waals surface area contributed by atoms with Crippen molar-refractivity contribution >= 4 is 46.0 Å². The molecule has 0 saturated carbocycles. The molecule has 0 aromatic heterocycles. The first-order valence-corrected chi connectivity index (χ1v) is 8.51. The van der Waals surface area contributed by atoms with Crippen molar-refractivity contribution in [3.8, 4) is 0 Å². The van der Waals surface area contributed by atoms with Gasteiger partial charge in [0, 0.05) is 35.2 Å². The van der Waals surface area contributed by atoms with E-state index in [1.165, 1.54) is 5.69 Å². The molecular formula is C18H22ClN3S. The Hall–Kier alpha value is -1.78. The van der Waals surface area contributed by atoms with E-state index in [9.17, 15) is 0 Å². The third kappa shape index (κ3) is 4.85. The Kier molecular flexibility index (Phi) is 6.25. The Morgan fingerprint density at radius 3 is 2.13 bits per heavy atom. The number of nitrogens with one attached hydrogen (secondary N) is 2. The number of nitrogens with zero attached hydrogens (tertiary/aromatic N) is 1. The molecular weight excluding hydrogens is 326 g/mol. The van der Waals surface area contributed by atoms with Crippen LogP contribution in [0.15, 0.2) is 42.5 Å². The second-order valence-electron chi connectivity index (χ2n) is 5.26. The molecule has 2 rings (SSSR count). The minimum atomic E-state index is 0.542. The van der Waals surface area contributed by atoms with E-state index >= 15 is 0 Å². The lowest BCUT2D eigenvalue weighted by molar-refractivity contribution is 0.866. The maximum atomic E-state index is 6.12. The Bertz CT molecular complexity index is 666. The van der Waals surface area contributed by atoms with E-state index in [1.807, 2.05) is 37.3 Å². The fraction of sp³-hybridized carbons (Fsp3) is 0.278. The van der Waals surface area contributed by atoms with Gasteiger partial charge in [0.2, 0.25) is 0 Å². The average molecular weight is 348 g/mol. The third-order valence-corrected chi connectivity index (χ3v) is 4.29. The highest BCUT2D eigenvalue weighted by atomic mass is 35.5. The van der Waals surface area contributed by atoms with Crippen molar-refractivity contribution in [1.82, 2.24) is 0 Å². The molecule has 0 spiro atoms. The number of hydrogen-bond donors (Lipinski definition) is 2. The Morgan fingerprint density at radius 2 is 1.57 bits per heavy atom. The first kappa shape index (κ1) is 17.6. The molecule has 3 nitrogen and oxygen atoms in total. The summed E-state index contributed by atoms with van der Waals surface area (Å²) in [5.41, 5.74) is 4.09. The fourth-order valence-corrected chi connectivity index (χ4v) is 2.72. The highest BCUT2D eigenvalue weighted by molar-refractivity contribution is 7.80. The second kappa shape index (κ2) is 8.18. The van der Waals surface area contributed by atoms with Gasteiger partial charge in [-0.25, -0.2) is 0 Å². The first-order chi connectivity index (χ1) is 11.0. The molecule has 0 radical (unpaired) electrons.